The summed E-state index contributed by atoms with van der Waals surface area (Å²) >= 11 is 0. The van der Waals surface area contributed by atoms with Crippen molar-refractivity contribution in [2.75, 3.05) is 19.7 Å². The number of nitrogens with zero attached hydrogens (tertiary/aromatic N) is 5. The number of benzene rings is 1. The second-order valence-corrected chi connectivity index (χ2v) is 7.06. The van der Waals surface area contributed by atoms with Crippen LogP contribution in [0.1, 0.15) is 32.6 Å². The Balaban J connectivity index is 1.43. The predicted octanol–water partition coefficient (Wildman–Crippen LogP) is 1.68. The third-order valence-electron chi connectivity index (χ3n) is 5.22. The fraction of sp³-hybridized carbons (Fsp3) is 0.333. The molecule has 150 valence electrons. The summed E-state index contributed by atoms with van der Waals surface area (Å²) < 4.78 is 6.84. The van der Waals surface area contributed by atoms with Crippen LogP contribution in [0.15, 0.2) is 43.1 Å². The average molecular weight is 393 g/mol. The number of aliphatic hydroxyl groups is 1. The number of carbonyl (C=O) groups is 1. The van der Waals surface area contributed by atoms with Gasteiger partial charge in [0.15, 0.2) is 5.82 Å². The van der Waals surface area contributed by atoms with Gasteiger partial charge in [0, 0.05) is 49.4 Å². The Kier molecular flexibility index (Phi) is 5.64. The van der Waals surface area contributed by atoms with Gasteiger partial charge in [-0.3, -0.25) is 9.88 Å². The average Bonchev–Trinajstić information content (AvgIpc) is 3.35. The highest BCUT2D eigenvalue weighted by Crippen LogP contribution is 2.26. The molecule has 0 atom stereocenters. The van der Waals surface area contributed by atoms with Crippen molar-refractivity contribution in [2.24, 2.45) is 0 Å². The molecule has 1 aliphatic heterocycles. The molecule has 3 heterocycles. The zero-order valence-electron chi connectivity index (χ0n) is 16.3. The third kappa shape index (κ3) is 4.18. The lowest BCUT2D eigenvalue weighted by Crippen LogP contribution is -2.28. The molecule has 0 bridgehead atoms. The lowest BCUT2D eigenvalue weighted by Gasteiger charge is -2.21. The highest BCUT2D eigenvalue weighted by atomic mass is 16.5. The zero-order chi connectivity index (χ0) is 20.2. The highest BCUT2D eigenvalue weighted by Gasteiger charge is 2.23. The van der Waals surface area contributed by atoms with Crippen LogP contribution in [0.5, 0.6) is 0 Å². The molecule has 1 aliphatic rings. The summed E-state index contributed by atoms with van der Waals surface area (Å²) in [6.07, 6.45) is 9.48. The number of fused-ring (bicyclic) bond motifs is 1. The maximum atomic E-state index is 11.7. The van der Waals surface area contributed by atoms with Crippen LogP contribution in [0, 0.1) is 6.92 Å². The summed E-state index contributed by atoms with van der Waals surface area (Å²) in [6, 6.07) is 3.86. The lowest BCUT2D eigenvalue weighted by molar-refractivity contribution is 0.0535. The van der Waals surface area contributed by atoms with Crippen LogP contribution in [0.25, 0.3) is 5.82 Å². The summed E-state index contributed by atoms with van der Waals surface area (Å²) in [6.45, 7) is 4.51. The Labute approximate surface area is 168 Å². The van der Waals surface area contributed by atoms with Gasteiger partial charge >= 0.3 is 5.97 Å². The number of rotatable bonds is 8. The van der Waals surface area contributed by atoms with E-state index in [0.29, 0.717) is 31.1 Å². The maximum absolute atomic E-state index is 11.7. The second kappa shape index (κ2) is 8.50. The summed E-state index contributed by atoms with van der Waals surface area (Å²) in [5.74, 6) is 0.426. The molecule has 0 amide bonds. The van der Waals surface area contributed by atoms with Gasteiger partial charge in [-0.2, -0.15) is 5.10 Å². The van der Waals surface area contributed by atoms with Crippen LogP contribution in [0.4, 0.5) is 0 Å². The summed E-state index contributed by atoms with van der Waals surface area (Å²) in [5, 5.41) is 13.8. The number of cyclic esters (lactones) is 1. The zero-order valence-corrected chi connectivity index (χ0v) is 16.3. The minimum absolute atomic E-state index is 0.0871. The monoisotopic (exact) mass is 393 g/mol. The van der Waals surface area contributed by atoms with Crippen LogP contribution in [0.3, 0.4) is 0 Å². The van der Waals surface area contributed by atoms with Crippen molar-refractivity contribution in [3.8, 4) is 5.82 Å². The van der Waals surface area contributed by atoms with E-state index in [2.05, 4.69) is 20.0 Å². The van der Waals surface area contributed by atoms with Crippen molar-refractivity contribution in [1.82, 2.24) is 24.6 Å². The summed E-state index contributed by atoms with van der Waals surface area (Å²) in [5.41, 5.74) is 5.02. The number of hydrogen-bond donors (Lipinski definition) is 1. The Morgan fingerprint density at radius 2 is 2.14 bits per heavy atom. The Morgan fingerprint density at radius 1 is 1.24 bits per heavy atom. The normalized spacial score (nSPS) is 13.0. The highest BCUT2D eigenvalue weighted by molar-refractivity contribution is 5.93. The fourth-order valence-electron chi connectivity index (χ4n) is 3.59. The molecule has 1 aromatic carbocycles. The van der Waals surface area contributed by atoms with E-state index in [0.717, 1.165) is 29.7 Å². The van der Waals surface area contributed by atoms with E-state index in [1.54, 1.807) is 23.3 Å². The van der Waals surface area contributed by atoms with Gasteiger partial charge in [0.2, 0.25) is 0 Å². The Morgan fingerprint density at radius 3 is 2.93 bits per heavy atom. The molecular weight excluding hydrogens is 370 g/mol. The van der Waals surface area contributed by atoms with Gasteiger partial charge in [-0.15, -0.1) is 0 Å². The van der Waals surface area contributed by atoms with Crippen molar-refractivity contribution in [3.63, 3.8) is 0 Å². The maximum Gasteiger partial charge on any atom is 0.338 e. The molecule has 4 rings (SSSR count). The second-order valence-electron chi connectivity index (χ2n) is 7.06. The first-order chi connectivity index (χ1) is 14.2. The van der Waals surface area contributed by atoms with Gasteiger partial charge < -0.3 is 9.84 Å². The number of carbonyl (C=O) groups excluding carboxylic acids is 1. The molecule has 29 heavy (non-hydrogen) atoms. The van der Waals surface area contributed by atoms with Crippen molar-refractivity contribution >= 4 is 5.97 Å². The molecule has 3 aromatic rings. The first-order valence-corrected chi connectivity index (χ1v) is 9.57. The molecule has 0 aliphatic carbocycles. The quantitative estimate of drug-likeness (QED) is 0.582. The van der Waals surface area contributed by atoms with Crippen molar-refractivity contribution in [3.05, 3.63) is 70.9 Å². The van der Waals surface area contributed by atoms with Crippen LogP contribution < -0.4 is 0 Å². The SMILES string of the molecule is Cc1c(CCN(CCO)Cc2cnn(-c3cnccn3)c2)ccc2c1COC2=O. The molecule has 8 heteroatoms. The van der Waals surface area contributed by atoms with Gasteiger partial charge in [-0.1, -0.05) is 6.07 Å². The molecule has 2 aromatic heterocycles. The van der Waals surface area contributed by atoms with Crippen LogP contribution in [0.2, 0.25) is 0 Å². The predicted molar refractivity (Wildman–Crippen MR) is 106 cm³/mol. The van der Waals surface area contributed by atoms with E-state index >= 15 is 0 Å². The molecule has 0 saturated carbocycles. The number of hydrogen-bond acceptors (Lipinski definition) is 7. The number of esters is 1. The van der Waals surface area contributed by atoms with Crippen molar-refractivity contribution < 1.29 is 14.6 Å². The molecule has 1 N–H and O–H groups in total. The van der Waals surface area contributed by atoms with Crippen LogP contribution in [-0.4, -0.2) is 55.4 Å². The Bertz CT molecular complexity index is 1000. The Hall–Kier alpha value is -3.10. The molecule has 0 saturated heterocycles. The molecule has 0 radical (unpaired) electrons. The molecule has 0 fully saturated rings. The first-order valence-electron chi connectivity index (χ1n) is 9.57. The smallest absolute Gasteiger partial charge is 0.338 e. The lowest BCUT2D eigenvalue weighted by atomic mass is 9.96. The van der Waals surface area contributed by atoms with Crippen LogP contribution in [-0.2, 0) is 24.3 Å². The van der Waals surface area contributed by atoms with Gasteiger partial charge in [0.25, 0.3) is 0 Å². The van der Waals surface area contributed by atoms with E-state index in [9.17, 15) is 9.90 Å². The first kappa shape index (κ1) is 19.2. The standard InChI is InChI=1S/C21H23N5O3/c1-15-17(2-3-18-19(15)14-29-21(18)28)4-7-25(8-9-27)12-16-10-24-26(13-16)20-11-22-5-6-23-20/h2-3,5-6,10-11,13,27H,4,7-9,12,14H2,1H3. The minimum atomic E-state index is -0.239. The largest absolute Gasteiger partial charge is 0.457 e. The fourth-order valence-corrected chi connectivity index (χ4v) is 3.59. The van der Waals surface area contributed by atoms with Crippen LogP contribution >= 0.6 is 0 Å². The van der Waals surface area contributed by atoms with E-state index in [-0.39, 0.29) is 12.6 Å². The van der Waals surface area contributed by atoms with E-state index in [4.69, 9.17) is 4.74 Å². The van der Waals surface area contributed by atoms with E-state index in [1.807, 2.05) is 31.5 Å². The van der Waals surface area contributed by atoms with Gasteiger partial charge in [-0.05, 0) is 30.5 Å². The van der Waals surface area contributed by atoms with Crippen molar-refractivity contribution in [1.29, 1.82) is 0 Å². The number of aliphatic hydroxyl groups excluding tert-OH is 1. The van der Waals surface area contributed by atoms with Gasteiger partial charge in [0.1, 0.15) is 6.61 Å². The summed E-state index contributed by atoms with van der Waals surface area (Å²) in [4.78, 5) is 22.2. The molecular formula is C21H23N5O3. The molecule has 8 nitrogen and oxygen atoms in total. The third-order valence-corrected chi connectivity index (χ3v) is 5.22. The van der Waals surface area contributed by atoms with Gasteiger partial charge in [-0.25, -0.2) is 14.5 Å². The number of aromatic nitrogens is 4. The van der Waals surface area contributed by atoms with E-state index < -0.39 is 0 Å². The van der Waals surface area contributed by atoms with Gasteiger partial charge in [0.05, 0.1) is 24.6 Å². The minimum Gasteiger partial charge on any atom is -0.457 e. The summed E-state index contributed by atoms with van der Waals surface area (Å²) in [7, 11) is 0. The topological polar surface area (TPSA) is 93.4 Å². The number of ether oxygens (including phenoxy) is 1. The van der Waals surface area contributed by atoms with E-state index in [1.165, 1.54) is 5.56 Å². The molecule has 0 unspecified atom stereocenters. The molecule has 0 spiro atoms. The van der Waals surface area contributed by atoms with Crippen molar-refractivity contribution in [2.45, 2.75) is 26.5 Å².